The van der Waals surface area contributed by atoms with Crippen LogP contribution in [0.3, 0.4) is 0 Å². The quantitative estimate of drug-likeness (QED) is 0.807. The zero-order valence-corrected chi connectivity index (χ0v) is 11.3. The van der Waals surface area contributed by atoms with Gasteiger partial charge in [-0.3, -0.25) is 0 Å². The number of nitrogens with zero attached hydrogens (tertiary/aromatic N) is 3. The summed E-state index contributed by atoms with van der Waals surface area (Å²) in [5, 5.41) is 19.9. The second-order valence-corrected chi connectivity index (χ2v) is 4.81. The zero-order chi connectivity index (χ0) is 12.1. The Hall–Kier alpha value is -1.15. The van der Waals surface area contributed by atoms with Crippen molar-refractivity contribution in [2.45, 2.75) is 13.1 Å². The van der Waals surface area contributed by atoms with E-state index >= 15 is 0 Å². The first-order valence-electron chi connectivity index (χ1n) is 5.27. The van der Waals surface area contributed by atoms with E-state index < -0.39 is 0 Å². The molecule has 5 nitrogen and oxygen atoms in total. The normalized spacial score (nSPS) is 10.5. The zero-order valence-electron chi connectivity index (χ0n) is 9.17. The molecule has 0 radical (unpaired) electrons. The molecule has 2 aromatic rings. The Morgan fingerprint density at radius 3 is 3.06 bits per heavy atom. The van der Waals surface area contributed by atoms with E-state index in [1.54, 1.807) is 4.68 Å². The fraction of sp³-hybridized carbons (Fsp3) is 0.273. The number of rotatable bonds is 5. The molecular formula is C11H13IN4O. The monoisotopic (exact) mass is 344 g/mol. The topological polar surface area (TPSA) is 63.0 Å². The summed E-state index contributed by atoms with van der Waals surface area (Å²) >= 11 is 2.28. The van der Waals surface area contributed by atoms with Crippen molar-refractivity contribution in [3.05, 3.63) is 39.7 Å². The molecule has 2 N–H and O–H groups in total. The molecule has 0 spiro atoms. The fourth-order valence-electron chi connectivity index (χ4n) is 1.42. The minimum absolute atomic E-state index is 0.0765. The van der Waals surface area contributed by atoms with Crippen LogP contribution in [-0.2, 0) is 13.1 Å². The van der Waals surface area contributed by atoms with Crippen molar-refractivity contribution in [3.63, 3.8) is 0 Å². The van der Waals surface area contributed by atoms with E-state index in [-0.39, 0.29) is 6.61 Å². The minimum atomic E-state index is 0.0765. The lowest BCUT2D eigenvalue weighted by molar-refractivity contribution is 0.268. The van der Waals surface area contributed by atoms with Crippen molar-refractivity contribution in [1.82, 2.24) is 15.0 Å². The van der Waals surface area contributed by atoms with Gasteiger partial charge in [0.15, 0.2) is 0 Å². The molecule has 0 saturated carbocycles. The van der Waals surface area contributed by atoms with Crippen molar-refractivity contribution < 1.29 is 5.11 Å². The van der Waals surface area contributed by atoms with Gasteiger partial charge in [-0.25, -0.2) is 4.68 Å². The van der Waals surface area contributed by atoms with Gasteiger partial charge in [0.25, 0.3) is 0 Å². The second kappa shape index (κ2) is 5.97. The number of aliphatic hydroxyl groups excluding tert-OH is 1. The number of hydrogen-bond donors (Lipinski definition) is 2. The van der Waals surface area contributed by atoms with Gasteiger partial charge in [-0.05, 0) is 40.8 Å². The maximum Gasteiger partial charge on any atom is 0.102 e. The highest BCUT2D eigenvalue weighted by Gasteiger charge is 2.00. The highest BCUT2D eigenvalue weighted by atomic mass is 127. The van der Waals surface area contributed by atoms with E-state index in [1.807, 2.05) is 24.4 Å². The number of halogens is 1. The molecule has 1 heterocycles. The average Bonchev–Trinajstić information content (AvgIpc) is 2.75. The summed E-state index contributed by atoms with van der Waals surface area (Å²) in [7, 11) is 0. The molecule has 0 saturated heterocycles. The van der Waals surface area contributed by atoms with Gasteiger partial charge in [0.1, 0.15) is 5.69 Å². The number of aromatic nitrogens is 3. The number of hydrogen-bond acceptors (Lipinski definition) is 4. The molecule has 0 aliphatic rings. The SMILES string of the molecule is OCCn1cc(CNc2cccc(I)c2)nn1. The molecular weight excluding hydrogens is 331 g/mol. The molecule has 0 atom stereocenters. The van der Waals surface area contributed by atoms with Gasteiger partial charge in [-0.1, -0.05) is 11.3 Å². The summed E-state index contributed by atoms with van der Waals surface area (Å²) in [5.74, 6) is 0. The third-order valence-electron chi connectivity index (χ3n) is 2.21. The Morgan fingerprint density at radius 2 is 2.29 bits per heavy atom. The van der Waals surface area contributed by atoms with Crippen LogP contribution in [0.15, 0.2) is 30.5 Å². The number of benzene rings is 1. The predicted molar refractivity (Wildman–Crippen MR) is 73.6 cm³/mol. The van der Waals surface area contributed by atoms with Crippen LogP contribution in [0.2, 0.25) is 0 Å². The molecule has 17 heavy (non-hydrogen) atoms. The van der Waals surface area contributed by atoms with Crippen molar-refractivity contribution in [1.29, 1.82) is 0 Å². The van der Waals surface area contributed by atoms with E-state index in [0.717, 1.165) is 11.4 Å². The van der Waals surface area contributed by atoms with Crippen molar-refractivity contribution in [2.75, 3.05) is 11.9 Å². The van der Waals surface area contributed by atoms with Gasteiger partial charge in [-0.15, -0.1) is 5.10 Å². The summed E-state index contributed by atoms with van der Waals surface area (Å²) in [6.07, 6.45) is 1.83. The highest BCUT2D eigenvalue weighted by Crippen LogP contribution is 2.12. The molecule has 0 bridgehead atoms. The molecule has 0 aliphatic heterocycles. The maximum absolute atomic E-state index is 8.76. The number of aliphatic hydroxyl groups is 1. The van der Waals surface area contributed by atoms with Crippen LogP contribution >= 0.6 is 22.6 Å². The Kier molecular flexibility index (Phi) is 4.32. The minimum Gasteiger partial charge on any atom is -0.394 e. The van der Waals surface area contributed by atoms with Gasteiger partial charge in [0, 0.05) is 9.26 Å². The van der Waals surface area contributed by atoms with Crippen molar-refractivity contribution in [3.8, 4) is 0 Å². The lowest BCUT2D eigenvalue weighted by atomic mass is 10.3. The fourth-order valence-corrected chi connectivity index (χ4v) is 1.97. The van der Waals surface area contributed by atoms with Crippen LogP contribution in [-0.4, -0.2) is 26.7 Å². The third-order valence-corrected chi connectivity index (χ3v) is 2.88. The van der Waals surface area contributed by atoms with E-state index in [0.29, 0.717) is 13.1 Å². The molecule has 90 valence electrons. The highest BCUT2D eigenvalue weighted by molar-refractivity contribution is 14.1. The Bertz CT molecular complexity index is 486. The third kappa shape index (κ3) is 3.67. The van der Waals surface area contributed by atoms with Gasteiger partial charge in [-0.2, -0.15) is 0 Å². The molecule has 1 aromatic carbocycles. The van der Waals surface area contributed by atoms with E-state index in [9.17, 15) is 0 Å². The van der Waals surface area contributed by atoms with Crippen LogP contribution in [0.1, 0.15) is 5.69 Å². The summed E-state index contributed by atoms with van der Waals surface area (Å²) < 4.78 is 2.82. The van der Waals surface area contributed by atoms with Gasteiger partial charge < -0.3 is 10.4 Å². The lowest BCUT2D eigenvalue weighted by Crippen LogP contribution is -2.02. The van der Waals surface area contributed by atoms with E-state index in [4.69, 9.17) is 5.11 Å². The van der Waals surface area contributed by atoms with Crippen LogP contribution < -0.4 is 5.32 Å². The van der Waals surface area contributed by atoms with Crippen LogP contribution in [0.25, 0.3) is 0 Å². The van der Waals surface area contributed by atoms with Gasteiger partial charge in [0.2, 0.25) is 0 Å². The lowest BCUT2D eigenvalue weighted by Gasteiger charge is -2.03. The predicted octanol–water partition coefficient (Wildman–Crippen LogP) is 1.49. The molecule has 2 rings (SSSR count). The average molecular weight is 344 g/mol. The molecule has 0 amide bonds. The smallest absolute Gasteiger partial charge is 0.102 e. The van der Waals surface area contributed by atoms with Crippen molar-refractivity contribution >= 4 is 28.3 Å². The molecule has 0 unspecified atom stereocenters. The molecule has 0 fully saturated rings. The van der Waals surface area contributed by atoms with Gasteiger partial charge >= 0.3 is 0 Å². The van der Waals surface area contributed by atoms with E-state index in [1.165, 1.54) is 3.57 Å². The van der Waals surface area contributed by atoms with Gasteiger partial charge in [0.05, 0.1) is 25.9 Å². The summed E-state index contributed by atoms with van der Waals surface area (Å²) in [6.45, 7) is 1.19. The first-order valence-corrected chi connectivity index (χ1v) is 6.35. The number of nitrogens with one attached hydrogen (secondary N) is 1. The molecule has 6 heteroatoms. The number of anilines is 1. The molecule has 1 aromatic heterocycles. The second-order valence-electron chi connectivity index (χ2n) is 3.56. The van der Waals surface area contributed by atoms with Crippen LogP contribution in [0.5, 0.6) is 0 Å². The first-order chi connectivity index (χ1) is 8.28. The largest absolute Gasteiger partial charge is 0.394 e. The Morgan fingerprint density at radius 1 is 1.41 bits per heavy atom. The van der Waals surface area contributed by atoms with Crippen LogP contribution in [0.4, 0.5) is 5.69 Å². The summed E-state index contributed by atoms with van der Waals surface area (Å²) in [4.78, 5) is 0. The first kappa shape index (κ1) is 12.3. The Labute approximate surface area is 113 Å². The van der Waals surface area contributed by atoms with E-state index in [2.05, 4.69) is 44.3 Å². The summed E-state index contributed by atoms with van der Waals surface area (Å²) in [6, 6.07) is 8.13. The Balaban J connectivity index is 1.93. The maximum atomic E-state index is 8.76. The summed E-state index contributed by atoms with van der Waals surface area (Å²) in [5.41, 5.74) is 1.92. The van der Waals surface area contributed by atoms with Crippen molar-refractivity contribution in [2.24, 2.45) is 0 Å². The standard InChI is InChI=1S/C11H13IN4O/c12-9-2-1-3-10(6-9)13-7-11-8-16(4-5-17)15-14-11/h1-3,6,8,13,17H,4-5,7H2. The van der Waals surface area contributed by atoms with Crippen LogP contribution in [0, 0.1) is 3.57 Å². The molecule has 0 aliphatic carbocycles.